The second-order valence-corrected chi connectivity index (χ2v) is 10.4. The molecule has 0 radical (unpaired) electrons. The van der Waals surface area contributed by atoms with Crippen LogP contribution in [0.4, 0.5) is 0 Å². The van der Waals surface area contributed by atoms with Gasteiger partial charge in [0.05, 0.1) is 5.75 Å². The summed E-state index contributed by atoms with van der Waals surface area (Å²) in [5.74, 6) is 1.91. The molecule has 30 heavy (non-hydrogen) atoms. The van der Waals surface area contributed by atoms with E-state index in [2.05, 4.69) is 29.2 Å². The largest absolute Gasteiger partial charge is 0.485 e. The van der Waals surface area contributed by atoms with Gasteiger partial charge in [0.25, 0.3) is 0 Å². The van der Waals surface area contributed by atoms with Gasteiger partial charge in [-0.05, 0) is 42.5 Å². The molecular formula is C23H28N2O4S. The summed E-state index contributed by atoms with van der Waals surface area (Å²) >= 11 is 0. The zero-order valence-corrected chi connectivity index (χ0v) is 17.9. The summed E-state index contributed by atoms with van der Waals surface area (Å²) in [5.41, 5.74) is 2.38. The van der Waals surface area contributed by atoms with Crippen molar-refractivity contribution >= 4 is 10.0 Å². The van der Waals surface area contributed by atoms with Gasteiger partial charge in [0.2, 0.25) is 10.0 Å². The lowest BCUT2D eigenvalue weighted by Crippen LogP contribution is -2.45. The average Bonchev–Trinajstić information content (AvgIpc) is 3.13. The summed E-state index contributed by atoms with van der Waals surface area (Å²) < 4.78 is 38.0. The number of nitrogens with zero attached hydrogens (tertiary/aromatic N) is 2. The third kappa shape index (κ3) is 4.06. The molecule has 160 valence electrons. The van der Waals surface area contributed by atoms with Gasteiger partial charge in [-0.2, -0.15) is 4.31 Å². The third-order valence-electron chi connectivity index (χ3n) is 6.37. The monoisotopic (exact) mass is 428 g/mol. The Kier molecular flexibility index (Phi) is 5.43. The smallest absolute Gasteiger partial charge is 0.214 e. The second kappa shape index (κ2) is 8.21. The van der Waals surface area contributed by atoms with Gasteiger partial charge in [-0.15, -0.1) is 0 Å². The molecule has 2 saturated heterocycles. The molecule has 0 bridgehead atoms. The quantitative estimate of drug-likeness (QED) is 0.749. The molecule has 3 heterocycles. The minimum absolute atomic E-state index is 0.0906. The molecule has 0 N–H and O–H groups in total. The van der Waals surface area contributed by atoms with Gasteiger partial charge in [0.1, 0.15) is 6.61 Å². The molecule has 1 atom stereocenters. The SMILES string of the molecule is O=S1(=O)CCCN1C1CCN(Cc2ccc([C@H]3COc4ccccc4O3)cc2)CC1. The van der Waals surface area contributed by atoms with E-state index in [9.17, 15) is 8.42 Å². The van der Waals surface area contributed by atoms with Crippen LogP contribution < -0.4 is 9.47 Å². The van der Waals surface area contributed by atoms with Gasteiger partial charge >= 0.3 is 0 Å². The fourth-order valence-electron chi connectivity index (χ4n) is 4.71. The Labute approximate surface area is 178 Å². The summed E-state index contributed by atoms with van der Waals surface area (Å²) in [6.07, 6.45) is 2.52. The zero-order valence-electron chi connectivity index (χ0n) is 17.1. The molecule has 0 amide bonds. The van der Waals surface area contributed by atoms with E-state index in [0.29, 0.717) is 18.9 Å². The van der Waals surface area contributed by atoms with Crippen molar-refractivity contribution in [3.05, 3.63) is 59.7 Å². The molecule has 0 aliphatic carbocycles. The highest BCUT2D eigenvalue weighted by atomic mass is 32.2. The molecule has 0 aromatic heterocycles. The second-order valence-electron chi connectivity index (χ2n) is 8.39. The molecule has 0 saturated carbocycles. The van der Waals surface area contributed by atoms with Crippen LogP contribution >= 0.6 is 0 Å². The van der Waals surface area contributed by atoms with Gasteiger partial charge in [-0.3, -0.25) is 4.90 Å². The Morgan fingerprint density at radius 1 is 0.933 bits per heavy atom. The first-order valence-corrected chi connectivity index (χ1v) is 12.4. The highest BCUT2D eigenvalue weighted by molar-refractivity contribution is 7.89. The summed E-state index contributed by atoms with van der Waals surface area (Å²) in [6, 6.07) is 16.5. The number of likely N-dealkylation sites (tertiary alicyclic amines) is 1. The van der Waals surface area contributed by atoms with Crippen LogP contribution in [0, 0.1) is 0 Å². The van der Waals surface area contributed by atoms with E-state index < -0.39 is 10.0 Å². The van der Waals surface area contributed by atoms with Crippen LogP contribution in [-0.2, 0) is 16.6 Å². The summed E-state index contributed by atoms with van der Waals surface area (Å²) in [7, 11) is -3.00. The predicted molar refractivity (Wildman–Crippen MR) is 115 cm³/mol. The van der Waals surface area contributed by atoms with Crippen molar-refractivity contribution in [1.82, 2.24) is 9.21 Å². The summed E-state index contributed by atoms with van der Waals surface area (Å²) in [4.78, 5) is 2.42. The first-order valence-electron chi connectivity index (χ1n) is 10.8. The van der Waals surface area contributed by atoms with Crippen molar-refractivity contribution in [3.8, 4) is 11.5 Å². The number of sulfonamides is 1. The zero-order chi connectivity index (χ0) is 20.6. The van der Waals surface area contributed by atoms with Crippen LogP contribution in [0.25, 0.3) is 0 Å². The predicted octanol–water partition coefficient (Wildman–Crippen LogP) is 3.20. The number of fused-ring (bicyclic) bond motifs is 1. The van der Waals surface area contributed by atoms with E-state index in [0.717, 1.165) is 56.0 Å². The number of para-hydroxylation sites is 2. The Morgan fingerprint density at radius 2 is 1.67 bits per heavy atom. The first-order chi connectivity index (χ1) is 14.6. The lowest BCUT2D eigenvalue weighted by atomic mass is 10.0. The molecular weight excluding hydrogens is 400 g/mol. The molecule has 6 nitrogen and oxygen atoms in total. The lowest BCUT2D eigenvalue weighted by molar-refractivity contribution is 0.0912. The van der Waals surface area contributed by atoms with Crippen LogP contribution in [0.5, 0.6) is 11.5 Å². The van der Waals surface area contributed by atoms with Crippen LogP contribution in [0.2, 0.25) is 0 Å². The lowest BCUT2D eigenvalue weighted by Gasteiger charge is -2.35. The van der Waals surface area contributed by atoms with Crippen molar-refractivity contribution in [2.75, 3.05) is 32.0 Å². The maximum atomic E-state index is 12.2. The number of rotatable bonds is 4. The molecule has 2 aromatic rings. The molecule has 2 fully saturated rings. The number of hydrogen-bond donors (Lipinski definition) is 0. The van der Waals surface area contributed by atoms with Crippen molar-refractivity contribution < 1.29 is 17.9 Å². The van der Waals surface area contributed by atoms with E-state index in [1.165, 1.54) is 5.56 Å². The molecule has 3 aliphatic rings. The maximum Gasteiger partial charge on any atom is 0.214 e. The molecule has 0 spiro atoms. The number of ether oxygens (including phenoxy) is 2. The number of benzene rings is 2. The Hall–Kier alpha value is -2.09. The van der Waals surface area contributed by atoms with Gasteiger partial charge in [-0.1, -0.05) is 36.4 Å². The van der Waals surface area contributed by atoms with Crippen LogP contribution in [0.3, 0.4) is 0 Å². The molecule has 3 aliphatic heterocycles. The fourth-order valence-corrected chi connectivity index (χ4v) is 6.51. The minimum Gasteiger partial charge on any atom is -0.485 e. The Bertz CT molecular complexity index is 985. The van der Waals surface area contributed by atoms with Crippen molar-refractivity contribution in [2.24, 2.45) is 0 Å². The topological polar surface area (TPSA) is 59.1 Å². The molecule has 0 unspecified atom stereocenters. The van der Waals surface area contributed by atoms with Gasteiger partial charge in [0.15, 0.2) is 17.6 Å². The van der Waals surface area contributed by atoms with E-state index in [1.54, 1.807) is 4.31 Å². The minimum atomic E-state index is -3.00. The first kappa shape index (κ1) is 19.8. The standard InChI is InChI=1S/C23H28N2O4S/c26-30(27)15-3-12-25(30)20-10-13-24(14-11-20)16-18-6-8-19(9-7-18)23-17-28-21-4-1-2-5-22(21)29-23/h1-2,4-9,20,23H,3,10-17H2/t23-/m1/s1. The third-order valence-corrected chi connectivity index (χ3v) is 8.37. The van der Waals surface area contributed by atoms with Gasteiger partial charge < -0.3 is 9.47 Å². The highest BCUT2D eigenvalue weighted by Crippen LogP contribution is 2.36. The number of piperidine rings is 1. The molecule has 2 aromatic carbocycles. The van der Waals surface area contributed by atoms with Gasteiger partial charge in [0, 0.05) is 32.2 Å². The number of hydrogen-bond acceptors (Lipinski definition) is 5. The van der Waals surface area contributed by atoms with Crippen molar-refractivity contribution in [1.29, 1.82) is 0 Å². The van der Waals surface area contributed by atoms with E-state index >= 15 is 0 Å². The van der Waals surface area contributed by atoms with Crippen LogP contribution in [-0.4, -0.2) is 55.7 Å². The summed E-state index contributed by atoms with van der Waals surface area (Å²) in [5, 5.41) is 0. The Balaban J connectivity index is 1.16. The van der Waals surface area contributed by atoms with E-state index in [4.69, 9.17) is 9.47 Å². The maximum absolute atomic E-state index is 12.2. The van der Waals surface area contributed by atoms with Crippen LogP contribution in [0.1, 0.15) is 36.5 Å². The van der Waals surface area contributed by atoms with E-state index in [1.807, 2.05) is 24.3 Å². The van der Waals surface area contributed by atoms with Crippen molar-refractivity contribution in [2.45, 2.75) is 38.0 Å². The summed E-state index contributed by atoms with van der Waals surface area (Å²) in [6.45, 7) is 3.99. The molecule has 5 rings (SSSR count). The Morgan fingerprint density at radius 3 is 2.37 bits per heavy atom. The van der Waals surface area contributed by atoms with Crippen molar-refractivity contribution in [3.63, 3.8) is 0 Å². The van der Waals surface area contributed by atoms with Gasteiger partial charge in [-0.25, -0.2) is 8.42 Å². The van der Waals surface area contributed by atoms with E-state index in [-0.39, 0.29) is 12.1 Å². The highest BCUT2D eigenvalue weighted by Gasteiger charge is 2.36. The normalized spacial score (nSPS) is 24.7. The fraction of sp³-hybridized carbons (Fsp3) is 0.478. The average molecular weight is 429 g/mol. The molecule has 7 heteroatoms. The van der Waals surface area contributed by atoms with Crippen LogP contribution in [0.15, 0.2) is 48.5 Å².